The van der Waals surface area contributed by atoms with Gasteiger partial charge in [0.15, 0.2) is 0 Å². The maximum Gasteiger partial charge on any atom is 0.407 e. The molecule has 0 saturated carbocycles. The summed E-state index contributed by atoms with van der Waals surface area (Å²) in [4.78, 5) is 16.7. The molecule has 0 atom stereocenters. The average molecular weight is 389 g/mol. The molecule has 0 saturated heterocycles. The minimum Gasteiger partial charge on any atom is -0.465 e. The Morgan fingerprint density at radius 3 is 2.73 bits per heavy atom. The molecule has 3 aromatic rings. The Bertz CT molecular complexity index is 927. The fourth-order valence-corrected chi connectivity index (χ4v) is 3.38. The molecule has 1 amide bonds. The molecule has 0 aliphatic heterocycles. The molecule has 0 aliphatic carbocycles. The third kappa shape index (κ3) is 4.17. The van der Waals surface area contributed by atoms with E-state index in [1.807, 2.05) is 43.3 Å². The average Bonchev–Trinajstić information content (AvgIpc) is 2.99. The fourth-order valence-electron chi connectivity index (χ4n) is 2.29. The quantitative estimate of drug-likeness (QED) is 0.697. The summed E-state index contributed by atoms with van der Waals surface area (Å²) in [7, 11) is 1.51. The van der Waals surface area contributed by atoms with Crippen LogP contribution in [-0.4, -0.2) is 37.9 Å². The van der Waals surface area contributed by atoms with Crippen LogP contribution in [0.4, 0.5) is 4.79 Å². The second-order valence-corrected chi connectivity index (χ2v) is 7.20. The smallest absolute Gasteiger partial charge is 0.407 e. The van der Waals surface area contributed by atoms with Crippen LogP contribution in [0, 0.1) is 6.92 Å². The van der Waals surface area contributed by atoms with Gasteiger partial charge in [0.1, 0.15) is 10.1 Å². The number of aryl methyl sites for hydroxylation is 1. The molecule has 2 heterocycles. The van der Waals surface area contributed by atoms with E-state index >= 15 is 0 Å². The highest BCUT2D eigenvalue weighted by atomic mass is 35.5. The molecular weight excluding hydrogens is 372 g/mol. The number of aromatic nitrogens is 3. The Labute approximate surface area is 160 Å². The second-order valence-electron chi connectivity index (χ2n) is 5.75. The highest BCUT2D eigenvalue weighted by molar-refractivity contribution is 7.99. The van der Waals surface area contributed by atoms with E-state index in [-0.39, 0.29) is 6.54 Å². The van der Waals surface area contributed by atoms with Gasteiger partial charge in [-0.25, -0.2) is 14.5 Å². The van der Waals surface area contributed by atoms with Crippen molar-refractivity contribution in [2.45, 2.75) is 23.5 Å². The molecule has 134 valence electrons. The number of halogens is 1. The topological polar surface area (TPSA) is 71.2 Å². The molecule has 1 aromatic carbocycles. The van der Waals surface area contributed by atoms with Gasteiger partial charge in [-0.1, -0.05) is 29.8 Å². The lowest BCUT2D eigenvalue weighted by atomic mass is 10.3. The molecule has 2 aromatic heterocycles. The normalized spacial score (nSPS) is 10.7. The van der Waals surface area contributed by atoms with Crippen molar-refractivity contribution >= 4 is 29.5 Å². The second kappa shape index (κ2) is 7.80. The van der Waals surface area contributed by atoms with Gasteiger partial charge in [0.05, 0.1) is 22.9 Å². The lowest BCUT2D eigenvalue weighted by Gasteiger charge is -2.10. The Morgan fingerprint density at radius 1 is 1.31 bits per heavy atom. The third-order valence-corrected chi connectivity index (χ3v) is 4.90. The first kappa shape index (κ1) is 18.3. The number of pyridine rings is 1. The van der Waals surface area contributed by atoms with Gasteiger partial charge in [0.2, 0.25) is 0 Å². The summed E-state index contributed by atoms with van der Waals surface area (Å²) in [5, 5.41) is 15.8. The number of para-hydroxylation sites is 1. The Balaban J connectivity index is 1.99. The minimum atomic E-state index is -1.01. The van der Waals surface area contributed by atoms with E-state index < -0.39 is 6.09 Å². The number of hydrogen-bond acceptors (Lipinski definition) is 4. The van der Waals surface area contributed by atoms with Gasteiger partial charge in [-0.15, -0.1) is 0 Å². The Hall–Kier alpha value is -2.51. The molecule has 26 heavy (non-hydrogen) atoms. The van der Waals surface area contributed by atoms with Crippen molar-refractivity contribution in [1.29, 1.82) is 0 Å². The van der Waals surface area contributed by atoms with Crippen LogP contribution in [0.1, 0.15) is 11.3 Å². The van der Waals surface area contributed by atoms with Crippen molar-refractivity contribution in [3.63, 3.8) is 0 Å². The maximum atomic E-state index is 11.1. The SMILES string of the molecule is Cc1ccc(Sc2cc(CN(C)C(=O)O)nn2-c2ccccc2Cl)nc1. The van der Waals surface area contributed by atoms with E-state index in [0.29, 0.717) is 10.7 Å². The first-order valence-corrected chi connectivity index (χ1v) is 9.02. The molecule has 1 N–H and O–H groups in total. The van der Waals surface area contributed by atoms with Gasteiger partial charge >= 0.3 is 6.09 Å². The number of nitrogens with zero attached hydrogens (tertiary/aromatic N) is 4. The summed E-state index contributed by atoms with van der Waals surface area (Å²) in [6, 6.07) is 13.2. The van der Waals surface area contributed by atoms with Crippen molar-refractivity contribution in [3.8, 4) is 5.69 Å². The first-order chi connectivity index (χ1) is 12.4. The van der Waals surface area contributed by atoms with Crippen molar-refractivity contribution in [3.05, 3.63) is 64.9 Å². The standard InChI is InChI=1S/C18H17ClN4O2S/c1-12-7-8-16(20-10-12)26-17-9-13(11-22(2)18(24)25)21-23(17)15-6-4-3-5-14(15)19/h3-10H,11H2,1-2H3,(H,24,25). The monoisotopic (exact) mass is 388 g/mol. The minimum absolute atomic E-state index is 0.182. The number of benzene rings is 1. The van der Waals surface area contributed by atoms with Crippen LogP contribution in [-0.2, 0) is 6.54 Å². The molecule has 3 rings (SSSR count). The molecule has 6 nitrogen and oxygen atoms in total. The van der Waals surface area contributed by atoms with Gasteiger partial charge in [0.25, 0.3) is 0 Å². The zero-order chi connectivity index (χ0) is 18.7. The summed E-state index contributed by atoms with van der Waals surface area (Å²) in [6.45, 7) is 2.16. The lowest BCUT2D eigenvalue weighted by molar-refractivity contribution is 0.153. The van der Waals surface area contributed by atoms with Gasteiger partial charge in [-0.3, -0.25) is 0 Å². The fraction of sp³-hybridized carbons (Fsp3) is 0.167. The summed E-state index contributed by atoms with van der Waals surface area (Å²) in [5.74, 6) is 0. The molecule has 0 spiro atoms. The summed E-state index contributed by atoms with van der Waals surface area (Å²) >= 11 is 7.78. The first-order valence-electron chi connectivity index (χ1n) is 7.82. The van der Waals surface area contributed by atoms with Crippen LogP contribution in [0.5, 0.6) is 0 Å². The van der Waals surface area contributed by atoms with Gasteiger partial charge < -0.3 is 10.0 Å². The molecule has 0 aliphatic rings. The van der Waals surface area contributed by atoms with Crippen molar-refractivity contribution in [2.24, 2.45) is 0 Å². The van der Waals surface area contributed by atoms with Crippen LogP contribution in [0.15, 0.2) is 58.7 Å². The zero-order valence-corrected chi connectivity index (χ0v) is 15.8. The van der Waals surface area contributed by atoms with E-state index in [0.717, 1.165) is 21.3 Å². The van der Waals surface area contributed by atoms with Crippen molar-refractivity contribution < 1.29 is 9.90 Å². The van der Waals surface area contributed by atoms with E-state index in [9.17, 15) is 4.79 Å². The van der Waals surface area contributed by atoms with Crippen LogP contribution in [0.3, 0.4) is 0 Å². The Kier molecular flexibility index (Phi) is 5.49. The number of rotatable bonds is 5. The van der Waals surface area contributed by atoms with E-state index in [1.54, 1.807) is 16.9 Å². The largest absolute Gasteiger partial charge is 0.465 e. The number of carboxylic acid groups (broad SMARTS) is 1. The van der Waals surface area contributed by atoms with Crippen LogP contribution in [0.25, 0.3) is 5.69 Å². The zero-order valence-electron chi connectivity index (χ0n) is 14.3. The van der Waals surface area contributed by atoms with Gasteiger partial charge in [-0.2, -0.15) is 5.10 Å². The highest BCUT2D eigenvalue weighted by Gasteiger charge is 2.16. The summed E-state index contributed by atoms with van der Waals surface area (Å²) < 4.78 is 1.72. The van der Waals surface area contributed by atoms with E-state index in [1.165, 1.54) is 23.7 Å². The van der Waals surface area contributed by atoms with E-state index in [2.05, 4.69) is 10.1 Å². The molecule has 8 heteroatoms. The van der Waals surface area contributed by atoms with E-state index in [4.69, 9.17) is 16.7 Å². The van der Waals surface area contributed by atoms with Crippen LogP contribution in [0.2, 0.25) is 5.02 Å². The van der Waals surface area contributed by atoms with Gasteiger partial charge in [-0.05, 0) is 48.5 Å². The Morgan fingerprint density at radius 2 is 2.08 bits per heavy atom. The third-order valence-electron chi connectivity index (χ3n) is 3.63. The summed E-state index contributed by atoms with van der Waals surface area (Å²) in [5.41, 5.74) is 2.44. The van der Waals surface area contributed by atoms with Crippen molar-refractivity contribution in [2.75, 3.05) is 7.05 Å². The molecule has 0 unspecified atom stereocenters. The molecule has 0 radical (unpaired) electrons. The highest BCUT2D eigenvalue weighted by Crippen LogP contribution is 2.31. The van der Waals surface area contributed by atoms with Crippen molar-refractivity contribution in [1.82, 2.24) is 19.7 Å². The summed E-state index contributed by atoms with van der Waals surface area (Å²) in [6.07, 6.45) is 0.796. The molecule has 0 bridgehead atoms. The predicted octanol–water partition coefficient (Wildman–Crippen LogP) is 4.49. The maximum absolute atomic E-state index is 11.1. The van der Waals surface area contributed by atoms with Crippen LogP contribution >= 0.6 is 23.4 Å². The number of amides is 1. The lowest BCUT2D eigenvalue weighted by Crippen LogP contribution is -2.24. The number of carbonyl (C=O) groups is 1. The predicted molar refractivity (Wildman–Crippen MR) is 101 cm³/mol. The van der Waals surface area contributed by atoms with Gasteiger partial charge in [0, 0.05) is 13.2 Å². The molecular formula is C18H17ClN4O2S. The molecule has 0 fully saturated rings. The number of hydrogen-bond donors (Lipinski definition) is 1. The van der Waals surface area contributed by atoms with Crippen LogP contribution < -0.4 is 0 Å².